The zero-order valence-corrected chi connectivity index (χ0v) is 10.9. The smallest absolute Gasteiger partial charge is 0.0582 e. The maximum absolute atomic E-state index is 3.52. The highest BCUT2D eigenvalue weighted by Gasteiger charge is 2.10. The van der Waals surface area contributed by atoms with E-state index in [-0.39, 0.29) is 12.4 Å². The fourth-order valence-corrected chi connectivity index (χ4v) is 2.17. The summed E-state index contributed by atoms with van der Waals surface area (Å²) in [6.07, 6.45) is 6.82. The summed E-state index contributed by atoms with van der Waals surface area (Å²) in [6.45, 7) is 0.819. The van der Waals surface area contributed by atoms with Crippen LogP contribution in [0, 0.1) is 11.8 Å². The van der Waals surface area contributed by atoms with Gasteiger partial charge in [0.05, 0.1) is 6.54 Å². The first-order valence-electron chi connectivity index (χ1n) is 6.22. The van der Waals surface area contributed by atoms with E-state index in [1.165, 1.54) is 32.1 Å². The first kappa shape index (κ1) is 14.1. The summed E-state index contributed by atoms with van der Waals surface area (Å²) < 4.78 is 0. The molecule has 0 heterocycles. The molecule has 2 heteroatoms. The summed E-state index contributed by atoms with van der Waals surface area (Å²) in [7, 11) is 0. The molecule has 17 heavy (non-hydrogen) atoms. The Labute approximate surface area is 110 Å². The third kappa shape index (κ3) is 5.26. The molecule has 1 saturated carbocycles. The van der Waals surface area contributed by atoms with Crippen LogP contribution in [0.15, 0.2) is 30.3 Å². The van der Waals surface area contributed by atoms with E-state index in [9.17, 15) is 0 Å². The lowest BCUT2D eigenvalue weighted by Gasteiger charge is -2.21. The Balaban J connectivity index is 0.00000144. The third-order valence-corrected chi connectivity index (χ3v) is 3.09. The van der Waals surface area contributed by atoms with Crippen molar-refractivity contribution in [2.24, 2.45) is 0 Å². The molecule has 1 N–H and O–H groups in total. The highest BCUT2D eigenvalue weighted by Crippen LogP contribution is 2.16. The molecule has 1 aromatic carbocycles. The molecule has 0 spiro atoms. The summed E-state index contributed by atoms with van der Waals surface area (Å²) in [5.74, 6) is 6.36. The number of hydrogen-bond donors (Lipinski definition) is 1. The average molecular weight is 250 g/mol. The van der Waals surface area contributed by atoms with Crippen LogP contribution in [0.2, 0.25) is 0 Å². The van der Waals surface area contributed by atoms with Crippen LogP contribution < -0.4 is 5.32 Å². The van der Waals surface area contributed by atoms with E-state index in [4.69, 9.17) is 0 Å². The van der Waals surface area contributed by atoms with Gasteiger partial charge < -0.3 is 5.32 Å². The van der Waals surface area contributed by atoms with Gasteiger partial charge in [0.25, 0.3) is 0 Å². The van der Waals surface area contributed by atoms with Crippen molar-refractivity contribution in [1.29, 1.82) is 0 Å². The molecule has 1 fully saturated rings. The topological polar surface area (TPSA) is 12.0 Å². The van der Waals surface area contributed by atoms with Gasteiger partial charge in [0.1, 0.15) is 0 Å². The van der Waals surface area contributed by atoms with Crippen molar-refractivity contribution in [3.8, 4) is 11.8 Å². The Kier molecular flexibility index (Phi) is 6.77. The zero-order valence-electron chi connectivity index (χ0n) is 10.1. The van der Waals surface area contributed by atoms with Crippen molar-refractivity contribution in [3.05, 3.63) is 35.9 Å². The number of nitrogens with one attached hydrogen (secondary N) is 1. The second kappa shape index (κ2) is 8.17. The van der Waals surface area contributed by atoms with Crippen LogP contribution in [0.1, 0.15) is 37.7 Å². The lowest BCUT2D eigenvalue weighted by Crippen LogP contribution is -2.31. The van der Waals surface area contributed by atoms with Gasteiger partial charge in [0, 0.05) is 11.6 Å². The Bertz CT molecular complexity index is 358. The van der Waals surface area contributed by atoms with Crippen LogP contribution in [-0.2, 0) is 0 Å². The van der Waals surface area contributed by atoms with Crippen molar-refractivity contribution in [2.75, 3.05) is 6.54 Å². The van der Waals surface area contributed by atoms with E-state index in [1.54, 1.807) is 0 Å². The largest absolute Gasteiger partial charge is 0.303 e. The number of benzene rings is 1. The van der Waals surface area contributed by atoms with E-state index in [0.29, 0.717) is 6.04 Å². The average Bonchev–Trinajstić information content (AvgIpc) is 2.37. The van der Waals surface area contributed by atoms with Gasteiger partial charge in [-0.25, -0.2) is 0 Å². The molecule has 0 aliphatic heterocycles. The van der Waals surface area contributed by atoms with Crippen LogP contribution in [0.25, 0.3) is 0 Å². The van der Waals surface area contributed by atoms with Gasteiger partial charge in [-0.1, -0.05) is 49.3 Å². The first-order chi connectivity index (χ1) is 7.95. The number of rotatable bonds is 2. The molecule has 0 radical (unpaired) electrons. The molecule has 2 rings (SSSR count). The summed E-state index contributed by atoms with van der Waals surface area (Å²) >= 11 is 0. The van der Waals surface area contributed by atoms with E-state index < -0.39 is 0 Å². The molecular weight excluding hydrogens is 230 g/mol. The number of halogens is 1. The Morgan fingerprint density at radius 2 is 1.76 bits per heavy atom. The molecule has 1 aliphatic rings. The lowest BCUT2D eigenvalue weighted by atomic mass is 9.96. The van der Waals surface area contributed by atoms with E-state index >= 15 is 0 Å². The quantitative estimate of drug-likeness (QED) is 0.793. The predicted molar refractivity (Wildman–Crippen MR) is 75.4 cm³/mol. The van der Waals surface area contributed by atoms with Gasteiger partial charge in [0.15, 0.2) is 0 Å². The highest BCUT2D eigenvalue weighted by molar-refractivity contribution is 5.85. The summed E-state index contributed by atoms with van der Waals surface area (Å²) in [5.41, 5.74) is 1.10. The first-order valence-corrected chi connectivity index (χ1v) is 6.22. The van der Waals surface area contributed by atoms with Gasteiger partial charge in [-0.2, -0.15) is 0 Å². The van der Waals surface area contributed by atoms with Gasteiger partial charge >= 0.3 is 0 Å². The second-order valence-electron chi connectivity index (χ2n) is 4.38. The number of hydrogen-bond acceptors (Lipinski definition) is 1. The molecule has 0 unspecified atom stereocenters. The molecule has 1 nitrogen and oxygen atoms in total. The van der Waals surface area contributed by atoms with Gasteiger partial charge in [-0.05, 0) is 25.0 Å². The Morgan fingerprint density at radius 3 is 2.47 bits per heavy atom. The van der Waals surface area contributed by atoms with Crippen LogP contribution in [0.5, 0.6) is 0 Å². The molecular formula is C15H20ClN. The second-order valence-corrected chi connectivity index (χ2v) is 4.38. The fourth-order valence-electron chi connectivity index (χ4n) is 2.17. The summed E-state index contributed by atoms with van der Waals surface area (Å²) in [5, 5.41) is 3.52. The highest BCUT2D eigenvalue weighted by atomic mass is 35.5. The molecule has 1 aromatic rings. The van der Waals surface area contributed by atoms with Gasteiger partial charge in [-0.3, -0.25) is 0 Å². The van der Waals surface area contributed by atoms with E-state index in [0.717, 1.165) is 12.1 Å². The minimum Gasteiger partial charge on any atom is -0.303 e. The summed E-state index contributed by atoms with van der Waals surface area (Å²) in [6, 6.07) is 10.9. The maximum Gasteiger partial charge on any atom is 0.0582 e. The Hall–Kier alpha value is -0.970. The standard InChI is InChI=1S/C15H19N.ClH/c1-3-8-14(9-4-1)10-7-13-16-15-11-5-2-6-12-15;/h1,3-4,8-9,15-16H,2,5-6,11-13H2;1H. The van der Waals surface area contributed by atoms with Crippen molar-refractivity contribution < 1.29 is 0 Å². The van der Waals surface area contributed by atoms with E-state index in [2.05, 4.69) is 17.2 Å². The summed E-state index contributed by atoms with van der Waals surface area (Å²) in [4.78, 5) is 0. The van der Waals surface area contributed by atoms with Crippen molar-refractivity contribution >= 4 is 12.4 Å². The molecule has 0 amide bonds. The third-order valence-electron chi connectivity index (χ3n) is 3.09. The predicted octanol–water partition coefficient (Wildman–Crippen LogP) is 3.38. The van der Waals surface area contributed by atoms with Crippen LogP contribution in [-0.4, -0.2) is 12.6 Å². The van der Waals surface area contributed by atoms with Gasteiger partial charge in [-0.15, -0.1) is 12.4 Å². The molecule has 0 atom stereocenters. The van der Waals surface area contributed by atoms with E-state index in [1.807, 2.05) is 30.3 Å². The minimum atomic E-state index is 0. The SMILES string of the molecule is C(#Cc1ccccc1)CNC1CCCCC1.Cl. The van der Waals surface area contributed by atoms with Crippen molar-refractivity contribution in [3.63, 3.8) is 0 Å². The molecule has 0 aromatic heterocycles. The van der Waals surface area contributed by atoms with Crippen LogP contribution in [0.3, 0.4) is 0 Å². The van der Waals surface area contributed by atoms with Crippen molar-refractivity contribution in [1.82, 2.24) is 5.32 Å². The normalized spacial score (nSPS) is 15.5. The fraction of sp³-hybridized carbons (Fsp3) is 0.467. The molecule has 0 saturated heterocycles. The lowest BCUT2D eigenvalue weighted by molar-refractivity contribution is 0.386. The maximum atomic E-state index is 3.52. The zero-order chi connectivity index (χ0) is 11.1. The Morgan fingerprint density at radius 1 is 1.06 bits per heavy atom. The monoisotopic (exact) mass is 249 g/mol. The molecule has 92 valence electrons. The van der Waals surface area contributed by atoms with Gasteiger partial charge in [0.2, 0.25) is 0 Å². The van der Waals surface area contributed by atoms with Crippen molar-refractivity contribution in [2.45, 2.75) is 38.1 Å². The minimum absolute atomic E-state index is 0. The molecule has 1 aliphatic carbocycles. The van der Waals surface area contributed by atoms with Crippen LogP contribution >= 0.6 is 12.4 Å². The van der Waals surface area contributed by atoms with Crippen LogP contribution in [0.4, 0.5) is 0 Å². The molecule has 0 bridgehead atoms.